The van der Waals surface area contributed by atoms with Crippen molar-refractivity contribution in [3.05, 3.63) is 11.6 Å². The standard InChI is InChI=1S/C13H22O/c1-5-13(14)12-8-11(9(2)3)7-6-10(12)4/h6,9,11-12H,5,7-8H2,1-4H3/t11-,12+/m0/s1. The summed E-state index contributed by atoms with van der Waals surface area (Å²) >= 11 is 0. The highest BCUT2D eigenvalue weighted by atomic mass is 16.1. The van der Waals surface area contributed by atoms with E-state index < -0.39 is 0 Å². The molecule has 14 heavy (non-hydrogen) atoms. The van der Waals surface area contributed by atoms with E-state index in [1.165, 1.54) is 5.57 Å². The van der Waals surface area contributed by atoms with Gasteiger partial charge in [-0.25, -0.2) is 0 Å². The molecule has 0 saturated carbocycles. The fraction of sp³-hybridized carbons (Fsp3) is 0.769. The molecule has 1 heteroatoms. The van der Waals surface area contributed by atoms with Crippen molar-refractivity contribution in [2.24, 2.45) is 17.8 Å². The number of Topliss-reactive ketones (excluding diaryl/α,β-unsaturated/α-hetero) is 1. The molecule has 1 aliphatic rings. The first-order chi connectivity index (χ1) is 6.56. The first-order valence-electron chi connectivity index (χ1n) is 5.75. The SMILES string of the molecule is CCC(=O)[C@@H]1C[C@@H](C(C)C)CC=C1C. The molecule has 0 aromatic carbocycles. The van der Waals surface area contributed by atoms with Gasteiger partial charge in [-0.05, 0) is 31.6 Å². The molecule has 0 N–H and O–H groups in total. The Labute approximate surface area is 87.6 Å². The van der Waals surface area contributed by atoms with E-state index in [1.807, 2.05) is 6.92 Å². The van der Waals surface area contributed by atoms with Crippen LogP contribution in [0.2, 0.25) is 0 Å². The minimum absolute atomic E-state index is 0.223. The van der Waals surface area contributed by atoms with E-state index in [4.69, 9.17) is 0 Å². The number of carbonyl (C=O) groups excluding carboxylic acids is 1. The van der Waals surface area contributed by atoms with Crippen LogP contribution in [0.25, 0.3) is 0 Å². The molecule has 2 atom stereocenters. The Bertz CT molecular complexity index is 238. The van der Waals surface area contributed by atoms with Crippen LogP contribution in [0.3, 0.4) is 0 Å². The highest BCUT2D eigenvalue weighted by molar-refractivity contribution is 5.83. The van der Waals surface area contributed by atoms with Crippen LogP contribution in [0.4, 0.5) is 0 Å². The largest absolute Gasteiger partial charge is 0.299 e. The predicted molar refractivity (Wildman–Crippen MR) is 60.1 cm³/mol. The Morgan fingerprint density at radius 3 is 2.71 bits per heavy atom. The van der Waals surface area contributed by atoms with Gasteiger partial charge in [0.25, 0.3) is 0 Å². The van der Waals surface area contributed by atoms with Crippen molar-refractivity contribution < 1.29 is 4.79 Å². The average Bonchev–Trinajstić information content (AvgIpc) is 2.17. The lowest BCUT2D eigenvalue weighted by Gasteiger charge is -2.29. The maximum absolute atomic E-state index is 11.7. The van der Waals surface area contributed by atoms with E-state index in [9.17, 15) is 4.79 Å². The second kappa shape index (κ2) is 4.77. The van der Waals surface area contributed by atoms with Crippen LogP contribution in [-0.2, 0) is 4.79 Å². The summed E-state index contributed by atoms with van der Waals surface area (Å²) in [6, 6.07) is 0. The quantitative estimate of drug-likeness (QED) is 0.627. The zero-order valence-corrected chi connectivity index (χ0v) is 9.84. The highest BCUT2D eigenvalue weighted by Gasteiger charge is 2.27. The molecule has 0 heterocycles. The Morgan fingerprint density at radius 2 is 2.21 bits per heavy atom. The second-order valence-electron chi connectivity index (χ2n) is 4.80. The Balaban J connectivity index is 2.71. The molecule has 1 nitrogen and oxygen atoms in total. The lowest BCUT2D eigenvalue weighted by atomic mass is 9.75. The summed E-state index contributed by atoms with van der Waals surface area (Å²) in [6.45, 7) is 8.59. The Kier molecular flexibility index (Phi) is 3.91. The smallest absolute Gasteiger partial charge is 0.139 e. The van der Waals surface area contributed by atoms with E-state index in [-0.39, 0.29) is 5.92 Å². The number of hydrogen-bond acceptors (Lipinski definition) is 1. The fourth-order valence-corrected chi connectivity index (χ4v) is 2.24. The fourth-order valence-electron chi connectivity index (χ4n) is 2.24. The number of carbonyl (C=O) groups is 1. The van der Waals surface area contributed by atoms with Crippen molar-refractivity contribution in [3.8, 4) is 0 Å². The normalized spacial score (nSPS) is 27.6. The molecule has 0 aliphatic heterocycles. The molecule has 0 amide bonds. The molecule has 1 rings (SSSR count). The molecule has 0 aromatic heterocycles. The molecule has 80 valence electrons. The summed E-state index contributed by atoms with van der Waals surface area (Å²) in [5.74, 6) is 2.05. The van der Waals surface area contributed by atoms with Gasteiger partial charge in [0.1, 0.15) is 5.78 Å². The van der Waals surface area contributed by atoms with Crippen molar-refractivity contribution >= 4 is 5.78 Å². The molecule has 0 unspecified atom stereocenters. The summed E-state index contributed by atoms with van der Waals surface area (Å²) in [7, 11) is 0. The second-order valence-corrected chi connectivity index (χ2v) is 4.80. The van der Waals surface area contributed by atoms with Crippen LogP contribution in [0.5, 0.6) is 0 Å². The van der Waals surface area contributed by atoms with Gasteiger partial charge in [0.15, 0.2) is 0 Å². The van der Waals surface area contributed by atoms with Crippen LogP contribution in [-0.4, -0.2) is 5.78 Å². The third-order valence-corrected chi connectivity index (χ3v) is 3.51. The third kappa shape index (κ3) is 2.46. The van der Waals surface area contributed by atoms with Gasteiger partial charge in [-0.3, -0.25) is 4.79 Å². The van der Waals surface area contributed by atoms with Gasteiger partial charge in [-0.2, -0.15) is 0 Å². The maximum Gasteiger partial charge on any atom is 0.139 e. The first kappa shape index (κ1) is 11.5. The van der Waals surface area contributed by atoms with Crippen molar-refractivity contribution in [2.75, 3.05) is 0 Å². The van der Waals surface area contributed by atoms with Crippen molar-refractivity contribution in [1.82, 2.24) is 0 Å². The van der Waals surface area contributed by atoms with Crippen molar-refractivity contribution in [3.63, 3.8) is 0 Å². The first-order valence-corrected chi connectivity index (χ1v) is 5.75. The minimum atomic E-state index is 0.223. The Hall–Kier alpha value is -0.590. The summed E-state index contributed by atoms with van der Waals surface area (Å²) in [4.78, 5) is 11.7. The molecule has 0 aromatic rings. The lowest BCUT2D eigenvalue weighted by Crippen LogP contribution is -2.24. The van der Waals surface area contributed by atoms with Gasteiger partial charge in [0.2, 0.25) is 0 Å². The van der Waals surface area contributed by atoms with Gasteiger partial charge in [0, 0.05) is 12.3 Å². The molecule has 1 aliphatic carbocycles. The number of allylic oxidation sites excluding steroid dienone is 2. The van der Waals surface area contributed by atoms with Crippen molar-refractivity contribution in [2.45, 2.75) is 47.0 Å². The predicted octanol–water partition coefficient (Wildman–Crippen LogP) is 3.59. The van der Waals surface area contributed by atoms with Crippen LogP contribution in [0.1, 0.15) is 47.0 Å². The van der Waals surface area contributed by atoms with Gasteiger partial charge < -0.3 is 0 Å². The van der Waals surface area contributed by atoms with E-state index in [1.54, 1.807) is 0 Å². The monoisotopic (exact) mass is 194 g/mol. The highest BCUT2D eigenvalue weighted by Crippen LogP contribution is 2.34. The molecule has 0 bridgehead atoms. The molecule has 0 radical (unpaired) electrons. The van der Waals surface area contributed by atoms with E-state index in [0.717, 1.165) is 12.8 Å². The van der Waals surface area contributed by atoms with Crippen LogP contribution < -0.4 is 0 Å². The van der Waals surface area contributed by atoms with Crippen molar-refractivity contribution in [1.29, 1.82) is 0 Å². The van der Waals surface area contributed by atoms with E-state index >= 15 is 0 Å². The Morgan fingerprint density at radius 1 is 1.57 bits per heavy atom. The molecular weight excluding hydrogens is 172 g/mol. The number of rotatable bonds is 3. The third-order valence-electron chi connectivity index (χ3n) is 3.51. The van der Waals surface area contributed by atoms with Gasteiger partial charge in [-0.15, -0.1) is 0 Å². The van der Waals surface area contributed by atoms with Crippen LogP contribution >= 0.6 is 0 Å². The van der Waals surface area contributed by atoms with E-state index in [0.29, 0.717) is 24.0 Å². The van der Waals surface area contributed by atoms with E-state index in [2.05, 4.69) is 26.8 Å². The molecule has 0 fully saturated rings. The number of ketones is 1. The van der Waals surface area contributed by atoms with Gasteiger partial charge in [0.05, 0.1) is 0 Å². The molecule has 0 saturated heterocycles. The van der Waals surface area contributed by atoms with Crippen LogP contribution in [0.15, 0.2) is 11.6 Å². The summed E-state index contributed by atoms with van der Waals surface area (Å²) in [5, 5.41) is 0. The van der Waals surface area contributed by atoms with Crippen LogP contribution in [0, 0.1) is 17.8 Å². The lowest BCUT2D eigenvalue weighted by molar-refractivity contribution is -0.122. The average molecular weight is 194 g/mol. The summed E-state index contributed by atoms with van der Waals surface area (Å²) < 4.78 is 0. The zero-order valence-electron chi connectivity index (χ0n) is 9.84. The summed E-state index contributed by atoms with van der Waals surface area (Å²) in [6.07, 6.45) is 5.19. The molecular formula is C13H22O. The van der Waals surface area contributed by atoms with Gasteiger partial charge >= 0.3 is 0 Å². The minimum Gasteiger partial charge on any atom is -0.299 e. The topological polar surface area (TPSA) is 17.1 Å². The number of hydrogen-bond donors (Lipinski definition) is 0. The zero-order chi connectivity index (χ0) is 10.7. The molecule has 0 spiro atoms. The maximum atomic E-state index is 11.7. The van der Waals surface area contributed by atoms with Gasteiger partial charge in [-0.1, -0.05) is 32.4 Å². The summed E-state index contributed by atoms with van der Waals surface area (Å²) in [5.41, 5.74) is 1.30.